The van der Waals surface area contributed by atoms with Crippen molar-refractivity contribution < 1.29 is 4.79 Å². The van der Waals surface area contributed by atoms with E-state index in [1.165, 1.54) is 0 Å². The Bertz CT molecular complexity index is 193. The van der Waals surface area contributed by atoms with Gasteiger partial charge in [-0.3, -0.25) is 0 Å². The standard InChI is InChI=1S/C10H21N3O.ClH/c1-4-13(10(14)12(2)3)9-5-7-11-8-6-9;/h9,11H,4-8H2,1-3H3;1H. The van der Waals surface area contributed by atoms with Gasteiger partial charge in [-0.1, -0.05) is 0 Å². The second kappa shape index (κ2) is 6.90. The molecule has 90 valence electrons. The second-order valence-corrected chi connectivity index (χ2v) is 3.94. The number of rotatable bonds is 2. The summed E-state index contributed by atoms with van der Waals surface area (Å²) >= 11 is 0. The molecule has 0 aromatic carbocycles. The lowest BCUT2D eigenvalue weighted by molar-refractivity contribution is 0.140. The monoisotopic (exact) mass is 235 g/mol. The maximum atomic E-state index is 11.8. The van der Waals surface area contributed by atoms with Crippen molar-refractivity contribution in [3.05, 3.63) is 0 Å². The molecular formula is C10H22ClN3O. The average molecular weight is 236 g/mol. The topological polar surface area (TPSA) is 35.6 Å². The van der Waals surface area contributed by atoms with Crippen LogP contribution in [0, 0.1) is 0 Å². The molecule has 0 saturated carbocycles. The zero-order valence-electron chi connectivity index (χ0n) is 9.82. The number of nitrogens with zero attached hydrogens (tertiary/aromatic N) is 2. The second-order valence-electron chi connectivity index (χ2n) is 3.94. The fraction of sp³-hybridized carbons (Fsp3) is 0.900. The van der Waals surface area contributed by atoms with Crippen molar-refractivity contribution >= 4 is 18.4 Å². The van der Waals surface area contributed by atoms with Crippen LogP contribution in [0.4, 0.5) is 4.79 Å². The smallest absolute Gasteiger partial charge is 0.319 e. The summed E-state index contributed by atoms with van der Waals surface area (Å²) in [6.45, 7) is 4.91. The lowest BCUT2D eigenvalue weighted by Gasteiger charge is -2.35. The lowest BCUT2D eigenvalue weighted by atomic mass is 10.1. The third-order valence-corrected chi connectivity index (χ3v) is 2.72. The van der Waals surface area contributed by atoms with Crippen LogP contribution in [0.3, 0.4) is 0 Å². The summed E-state index contributed by atoms with van der Waals surface area (Å²) in [5, 5.41) is 3.31. The zero-order chi connectivity index (χ0) is 10.6. The fourth-order valence-electron chi connectivity index (χ4n) is 1.92. The van der Waals surface area contributed by atoms with E-state index in [4.69, 9.17) is 0 Å². The third-order valence-electron chi connectivity index (χ3n) is 2.72. The van der Waals surface area contributed by atoms with E-state index < -0.39 is 0 Å². The van der Waals surface area contributed by atoms with Gasteiger partial charge in [-0.25, -0.2) is 4.79 Å². The first-order valence-corrected chi connectivity index (χ1v) is 5.35. The van der Waals surface area contributed by atoms with E-state index in [0.717, 1.165) is 32.5 Å². The van der Waals surface area contributed by atoms with E-state index in [1.807, 2.05) is 25.9 Å². The van der Waals surface area contributed by atoms with E-state index in [2.05, 4.69) is 5.32 Å². The number of amides is 2. The molecule has 0 aromatic rings. The molecular weight excluding hydrogens is 214 g/mol. The molecule has 15 heavy (non-hydrogen) atoms. The Morgan fingerprint density at radius 3 is 2.27 bits per heavy atom. The van der Waals surface area contributed by atoms with Crippen LogP contribution in [0.1, 0.15) is 19.8 Å². The van der Waals surface area contributed by atoms with Crippen LogP contribution in [-0.2, 0) is 0 Å². The van der Waals surface area contributed by atoms with Crippen molar-refractivity contribution in [2.24, 2.45) is 0 Å². The molecule has 5 heteroatoms. The Hall–Kier alpha value is -0.480. The highest BCUT2D eigenvalue weighted by Gasteiger charge is 2.24. The first-order valence-electron chi connectivity index (χ1n) is 5.35. The molecule has 4 nitrogen and oxygen atoms in total. The number of carbonyl (C=O) groups is 1. The van der Waals surface area contributed by atoms with Gasteiger partial charge in [-0.15, -0.1) is 12.4 Å². The van der Waals surface area contributed by atoms with Crippen LogP contribution in [-0.4, -0.2) is 55.6 Å². The Kier molecular flexibility index (Phi) is 6.68. The quantitative estimate of drug-likeness (QED) is 0.780. The molecule has 0 radical (unpaired) electrons. The number of halogens is 1. The molecule has 0 aliphatic carbocycles. The minimum Gasteiger partial charge on any atom is -0.331 e. The van der Waals surface area contributed by atoms with Crippen LogP contribution in [0.5, 0.6) is 0 Å². The molecule has 1 aliphatic heterocycles. The molecule has 1 N–H and O–H groups in total. The molecule has 0 bridgehead atoms. The first-order chi connectivity index (χ1) is 6.66. The highest BCUT2D eigenvalue weighted by molar-refractivity contribution is 5.85. The fourth-order valence-corrected chi connectivity index (χ4v) is 1.92. The maximum Gasteiger partial charge on any atom is 0.319 e. The van der Waals surface area contributed by atoms with Gasteiger partial charge in [0.25, 0.3) is 0 Å². The highest BCUT2D eigenvalue weighted by atomic mass is 35.5. The number of hydrogen-bond acceptors (Lipinski definition) is 2. The van der Waals surface area contributed by atoms with Gasteiger partial charge >= 0.3 is 6.03 Å². The van der Waals surface area contributed by atoms with E-state index in [1.54, 1.807) is 4.90 Å². The summed E-state index contributed by atoms with van der Waals surface area (Å²) in [5.41, 5.74) is 0. The van der Waals surface area contributed by atoms with Gasteiger partial charge < -0.3 is 15.1 Å². The minimum atomic E-state index is 0. The van der Waals surface area contributed by atoms with Crippen molar-refractivity contribution in [3.63, 3.8) is 0 Å². The molecule has 0 unspecified atom stereocenters. The lowest BCUT2D eigenvalue weighted by Crippen LogP contribution is -2.49. The van der Waals surface area contributed by atoms with Crippen LogP contribution >= 0.6 is 12.4 Å². The molecule has 0 aromatic heterocycles. The average Bonchev–Trinajstić information content (AvgIpc) is 2.20. The number of piperidine rings is 1. The molecule has 1 heterocycles. The van der Waals surface area contributed by atoms with Crippen molar-refractivity contribution in [3.8, 4) is 0 Å². The summed E-state index contributed by atoms with van der Waals surface area (Å²) in [6, 6.07) is 0.565. The molecule has 1 rings (SSSR count). The summed E-state index contributed by atoms with van der Waals surface area (Å²) in [4.78, 5) is 15.4. The minimum absolute atomic E-state index is 0. The highest BCUT2D eigenvalue weighted by Crippen LogP contribution is 2.12. The Morgan fingerprint density at radius 1 is 1.33 bits per heavy atom. The number of hydrogen-bond donors (Lipinski definition) is 1. The van der Waals surface area contributed by atoms with Crippen LogP contribution in [0.2, 0.25) is 0 Å². The van der Waals surface area contributed by atoms with Crippen LogP contribution in [0.15, 0.2) is 0 Å². The van der Waals surface area contributed by atoms with Gasteiger partial charge in [-0.2, -0.15) is 0 Å². The SMILES string of the molecule is CCN(C(=O)N(C)C)C1CCNCC1.Cl. The summed E-state index contributed by atoms with van der Waals surface area (Å²) in [6.07, 6.45) is 2.15. The normalized spacial score (nSPS) is 16.7. The Labute approximate surface area is 98.4 Å². The summed E-state index contributed by atoms with van der Waals surface area (Å²) in [7, 11) is 3.62. The van der Waals surface area contributed by atoms with E-state index in [0.29, 0.717) is 6.04 Å². The van der Waals surface area contributed by atoms with E-state index in [9.17, 15) is 4.79 Å². The largest absolute Gasteiger partial charge is 0.331 e. The van der Waals surface area contributed by atoms with Crippen molar-refractivity contribution in [2.45, 2.75) is 25.8 Å². The van der Waals surface area contributed by atoms with E-state index >= 15 is 0 Å². The van der Waals surface area contributed by atoms with Gasteiger partial charge in [0.05, 0.1) is 0 Å². The molecule has 1 saturated heterocycles. The molecule has 0 spiro atoms. The molecule has 1 aliphatic rings. The van der Waals surface area contributed by atoms with Gasteiger partial charge in [-0.05, 0) is 32.9 Å². The maximum absolute atomic E-state index is 11.8. The van der Waals surface area contributed by atoms with E-state index in [-0.39, 0.29) is 18.4 Å². The summed E-state index contributed by atoms with van der Waals surface area (Å²) in [5.74, 6) is 0. The van der Waals surface area contributed by atoms with Gasteiger partial charge in [0, 0.05) is 26.7 Å². The Morgan fingerprint density at radius 2 is 1.87 bits per heavy atom. The van der Waals surface area contributed by atoms with Crippen LogP contribution < -0.4 is 5.32 Å². The third kappa shape index (κ3) is 3.87. The van der Waals surface area contributed by atoms with Gasteiger partial charge in [0.1, 0.15) is 0 Å². The number of carbonyl (C=O) groups excluding carboxylic acids is 1. The van der Waals surface area contributed by atoms with Crippen molar-refractivity contribution in [1.82, 2.24) is 15.1 Å². The predicted octanol–water partition coefficient (Wildman–Crippen LogP) is 1.16. The van der Waals surface area contributed by atoms with Gasteiger partial charge in [0.15, 0.2) is 0 Å². The first kappa shape index (κ1) is 14.5. The predicted molar refractivity (Wildman–Crippen MR) is 64.6 cm³/mol. The molecule has 0 atom stereocenters. The van der Waals surface area contributed by atoms with Crippen LogP contribution in [0.25, 0.3) is 0 Å². The zero-order valence-corrected chi connectivity index (χ0v) is 10.6. The number of nitrogens with one attached hydrogen (secondary N) is 1. The van der Waals surface area contributed by atoms with Gasteiger partial charge in [0.2, 0.25) is 0 Å². The van der Waals surface area contributed by atoms with Crippen molar-refractivity contribution in [2.75, 3.05) is 33.7 Å². The number of urea groups is 1. The Balaban J connectivity index is 0.00000196. The summed E-state index contributed by atoms with van der Waals surface area (Å²) < 4.78 is 0. The van der Waals surface area contributed by atoms with Crippen molar-refractivity contribution in [1.29, 1.82) is 0 Å². The molecule has 2 amide bonds. The molecule has 1 fully saturated rings.